The van der Waals surface area contributed by atoms with Crippen LogP contribution in [-0.2, 0) is 6.42 Å². The third kappa shape index (κ3) is 2.65. The van der Waals surface area contributed by atoms with Crippen LogP contribution in [0, 0.1) is 11.6 Å². The van der Waals surface area contributed by atoms with Crippen molar-refractivity contribution in [2.45, 2.75) is 6.42 Å². The number of thiazole rings is 1. The molecule has 3 nitrogen and oxygen atoms in total. The highest BCUT2D eigenvalue weighted by Gasteiger charge is 2.11. The number of carbonyl (C=O) groups is 1. The molecule has 0 saturated heterocycles. The van der Waals surface area contributed by atoms with Crippen molar-refractivity contribution in [3.63, 3.8) is 0 Å². The van der Waals surface area contributed by atoms with Gasteiger partial charge in [0.1, 0.15) is 16.5 Å². The molecule has 2 rings (SSSR count). The van der Waals surface area contributed by atoms with Gasteiger partial charge in [-0.2, -0.15) is 0 Å². The lowest BCUT2D eigenvalue weighted by Gasteiger charge is -2.00. The van der Waals surface area contributed by atoms with Crippen LogP contribution in [0.1, 0.15) is 20.2 Å². The van der Waals surface area contributed by atoms with Gasteiger partial charge in [0, 0.05) is 12.5 Å². The molecule has 1 aromatic heterocycles. The second-order valence-corrected chi connectivity index (χ2v) is 4.45. The Labute approximate surface area is 99.4 Å². The average Bonchev–Trinajstić information content (AvgIpc) is 2.71. The third-order valence-corrected chi connectivity index (χ3v) is 3.11. The van der Waals surface area contributed by atoms with Crippen LogP contribution in [-0.4, -0.2) is 16.1 Å². The number of hydrogen-bond donors (Lipinski definition) is 1. The second kappa shape index (κ2) is 4.58. The van der Waals surface area contributed by atoms with Gasteiger partial charge in [0.25, 0.3) is 0 Å². The predicted octanol–water partition coefficient (Wildman–Crippen LogP) is 2.71. The van der Waals surface area contributed by atoms with E-state index < -0.39 is 17.6 Å². The Balaban J connectivity index is 2.22. The number of benzene rings is 1. The number of carboxylic acid groups (broad SMARTS) is 1. The summed E-state index contributed by atoms with van der Waals surface area (Å²) in [5.74, 6) is -2.36. The molecule has 0 aliphatic rings. The molecule has 0 unspecified atom stereocenters. The maximum absolute atomic E-state index is 13.3. The zero-order chi connectivity index (χ0) is 12.4. The lowest BCUT2D eigenvalue weighted by Crippen LogP contribution is -1.92. The number of carboxylic acids is 1. The summed E-state index contributed by atoms with van der Waals surface area (Å²) in [6.45, 7) is 0. The number of nitrogens with zero attached hydrogens (tertiary/aromatic N) is 1. The molecule has 0 fully saturated rings. The van der Waals surface area contributed by atoms with E-state index in [0.29, 0.717) is 5.01 Å². The smallest absolute Gasteiger partial charge is 0.347 e. The van der Waals surface area contributed by atoms with Crippen LogP contribution < -0.4 is 0 Å². The quantitative estimate of drug-likeness (QED) is 0.917. The first kappa shape index (κ1) is 11.7. The van der Waals surface area contributed by atoms with Gasteiger partial charge in [0.05, 0.1) is 11.2 Å². The molecule has 1 heterocycles. The molecule has 0 radical (unpaired) electrons. The summed E-state index contributed by atoms with van der Waals surface area (Å²) in [5, 5.41) is 9.18. The van der Waals surface area contributed by atoms with Crippen molar-refractivity contribution in [1.82, 2.24) is 4.98 Å². The number of halogens is 2. The van der Waals surface area contributed by atoms with Crippen molar-refractivity contribution in [2.24, 2.45) is 0 Å². The molecule has 0 amide bonds. The SMILES string of the molecule is O=C(O)c1cnc(Cc2ccc(F)cc2F)s1. The van der Waals surface area contributed by atoms with Gasteiger partial charge in [-0.25, -0.2) is 18.6 Å². The van der Waals surface area contributed by atoms with E-state index in [9.17, 15) is 13.6 Å². The summed E-state index contributed by atoms with van der Waals surface area (Å²) in [5.41, 5.74) is 0.290. The Hall–Kier alpha value is -1.82. The number of aromatic carboxylic acids is 1. The van der Waals surface area contributed by atoms with Crippen molar-refractivity contribution in [3.05, 3.63) is 51.5 Å². The van der Waals surface area contributed by atoms with Crippen molar-refractivity contribution >= 4 is 17.3 Å². The van der Waals surface area contributed by atoms with Crippen molar-refractivity contribution < 1.29 is 18.7 Å². The zero-order valence-corrected chi connectivity index (χ0v) is 9.30. The molecular weight excluding hydrogens is 248 g/mol. The largest absolute Gasteiger partial charge is 0.477 e. The van der Waals surface area contributed by atoms with Crippen LogP contribution in [0.2, 0.25) is 0 Å². The number of rotatable bonds is 3. The van der Waals surface area contributed by atoms with Crippen molar-refractivity contribution in [2.75, 3.05) is 0 Å². The van der Waals surface area contributed by atoms with Crippen LogP contribution in [0.3, 0.4) is 0 Å². The maximum Gasteiger partial charge on any atom is 0.347 e. The maximum atomic E-state index is 13.3. The van der Waals surface area contributed by atoms with Gasteiger partial charge >= 0.3 is 5.97 Å². The fraction of sp³-hybridized carbons (Fsp3) is 0.0909. The first-order chi connectivity index (χ1) is 8.06. The summed E-state index contributed by atoms with van der Waals surface area (Å²) < 4.78 is 26.0. The molecule has 0 saturated carbocycles. The van der Waals surface area contributed by atoms with Gasteiger partial charge < -0.3 is 5.11 Å². The zero-order valence-electron chi connectivity index (χ0n) is 8.48. The Bertz CT molecular complexity index is 568. The van der Waals surface area contributed by atoms with Crippen LogP contribution in [0.25, 0.3) is 0 Å². The lowest BCUT2D eigenvalue weighted by atomic mass is 10.1. The third-order valence-electron chi connectivity index (χ3n) is 2.12. The van der Waals surface area contributed by atoms with Crippen LogP contribution in [0.5, 0.6) is 0 Å². The summed E-state index contributed by atoms with van der Waals surface area (Å²) in [6, 6.07) is 3.28. The van der Waals surface area contributed by atoms with E-state index in [1.807, 2.05) is 0 Å². The van der Waals surface area contributed by atoms with E-state index in [2.05, 4.69) is 4.98 Å². The minimum atomic E-state index is -1.06. The topological polar surface area (TPSA) is 50.2 Å². The summed E-state index contributed by atoms with van der Waals surface area (Å²) in [4.78, 5) is 14.6. The molecule has 6 heteroatoms. The predicted molar refractivity (Wildman–Crippen MR) is 58.2 cm³/mol. The van der Waals surface area contributed by atoms with Gasteiger partial charge in [-0.05, 0) is 11.6 Å². The fourth-order valence-electron chi connectivity index (χ4n) is 1.32. The van der Waals surface area contributed by atoms with E-state index in [1.165, 1.54) is 12.3 Å². The number of hydrogen-bond acceptors (Lipinski definition) is 3. The normalized spacial score (nSPS) is 10.5. The molecule has 0 atom stereocenters. The molecule has 88 valence electrons. The van der Waals surface area contributed by atoms with E-state index >= 15 is 0 Å². The highest BCUT2D eigenvalue weighted by Crippen LogP contribution is 2.19. The number of aromatic nitrogens is 1. The van der Waals surface area contributed by atoms with Crippen LogP contribution >= 0.6 is 11.3 Å². The van der Waals surface area contributed by atoms with E-state index in [1.54, 1.807) is 0 Å². The molecule has 1 aromatic carbocycles. The molecule has 0 bridgehead atoms. The molecule has 0 aliphatic heterocycles. The van der Waals surface area contributed by atoms with Gasteiger partial charge in [-0.15, -0.1) is 11.3 Å². The molecule has 17 heavy (non-hydrogen) atoms. The fourth-order valence-corrected chi connectivity index (χ4v) is 2.10. The van der Waals surface area contributed by atoms with Gasteiger partial charge in [0.2, 0.25) is 0 Å². The summed E-state index contributed by atoms with van der Waals surface area (Å²) in [7, 11) is 0. The second-order valence-electron chi connectivity index (χ2n) is 3.34. The van der Waals surface area contributed by atoms with Crippen LogP contribution in [0.15, 0.2) is 24.4 Å². The molecule has 1 N–H and O–H groups in total. The highest BCUT2D eigenvalue weighted by atomic mass is 32.1. The minimum Gasteiger partial charge on any atom is -0.477 e. The minimum absolute atomic E-state index is 0.0996. The van der Waals surface area contributed by atoms with Crippen LogP contribution in [0.4, 0.5) is 8.78 Å². The molecule has 2 aromatic rings. The van der Waals surface area contributed by atoms with Gasteiger partial charge in [-0.1, -0.05) is 6.07 Å². The Morgan fingerprint density at radius 3 is 2.76 bits per heavy atom. The summed E-state index contributed by atoms with van der Waals surface area (Å²) in [6.07, 6.45) is 1.38. The van der Waals surface area contributed by atoms with E-state index in [4.69, 9.17) is 5.11 Å². The molecular formula is C11H7F2NO2S. The van der Waals surface area contributed by atoms with Gasteiger partial charge in [0.15, 0.2) is 0 Å². The average molecular weight is 255 g/mol. The Morgan fingerprint density at radius 1 is 1.41 bits per heavy atom. The first-order valence-corrected chi connectivity index (χ1v) is 5.50. The van der Waals surface area contributed by atoms with E-state index in [0.717, 1.165) is 23.5 Å². The molecule has 0 spiro atoms. The first-order valence-electron chi connectivity index (χ1n) is 4.68. The van der Waals surface area contributed by atoms with E-state index in [-0.39, 0.29) is 16.9 Å². The van der Waals surface area contributed by atoms with Gasteiger partial charge in [-0.3, -0.25) is 0 Å². The monoisotopic (exact) mass is 255 g/mol. The van der Waals surface area contributed by atoms with Crippen molar-refractivity contribution in [3.8, 4) is 0 Å². The van der Waals surface area contributed by atoms with Crippen molar-refractivity contribution in [1.29, 1.82) is 0 Å². The lowest BCUT2D eigenvalue weighted by molar-refractivity contribution is 0.0702. The standard InChI is InChI=1S/C11H7F2NO2S/c12-7-2-1-6(8(13)4-7)3-10-14-5-9(17-10)11(15)16/h1-2,4-5H,3H2,(H,15,16). The Morgan fingerprint density at radius 2 is 2.18 bits per heavy atom. The molecule has 0 aliphatic carbocycles. The highest BCUT2D eigenvalue weighted by molar-refractivity contribution is 7.13. The summed E-state index contributed by atoms with van der Waals surface area (Å²) >= 11 is 0.978. The Kier molecular flexibility index (Phi) is 3.14.